The molecule has 25 heavy (non-hydrogen) atoms. The zero-order valence-electron chi connectivity index (χ0n) is 14.1. The van der Waals surface area contributed by atoms with Crippen LogP contribution in [0.2, 0.25) is 0 Å². The lowest BCUT2D eigenvalue weighted by atomic mass is 10.0. The molecule has 2 heteroatoms. The molecule has 0 aliphatic carbocycles. The van der Waals surface area contributed by atoms with Crippen molar-refractivity contribution in [1.82, 2.24) is 4.57 Å². The van der Waals surface area contributed by atoms with Crippen molar-refractivity contribution in [1.29, 1.82) is 0 Å². The van der Waals surface area contributed by atoms with E-state index in [9.17, 15) is 4.79 Å². The van der Waals surface area contributed by atoms with Gasteiger partial charge in [-0.15, -0.1) is 0 Å². The summed E-state index contributed by atoms with van der Waals surface area (Å²) in [7, 11) is 0. The highest BCUT2D eigenvalue weighted by Crippen LogP contribution is 2.23. The van der Waals surface area contributed by atoms with E-state index in [0.29, 0.717) is 6.54 Å². The summed E-state index contributed by atoms with van der Waals surface area (Å²) in [6, 6.07) is 28.4. The van der Waals surface area contributed by atoms with E-state index in [-0.39, 0.29) is 5.56 Å². The fourth-order valence-electron chi connectivity index (χ4n) is 3.18. The van der Waals surface area contributed by atoms with E-state index < -0.39 is 0 Å². The van der Waals surface area contributed by atoms with Crippen LogP contribution in [0.4, 0.5) is 0 Å². The highest BCUT2D eigenvalue weighted by molar-refractivity contribution is 5.85. The van der Waals surface area contributed by atoms with Crippen molar-refractivity contribution in [3.8, 4) is 11.3 Å². The fourth-order valence-corrected chi connectivity index (χ4v) is 3.18. The highest BCUT2D eigenvalue weighted by atomic mass is 16.1. The monoisotopic (exact) mass is 325 g/mol. The van der Waals surface area contributed by atoms with Crippen molar-refractivity contribution in [2.75, 3.05) is 0 Å². The average molecular weight is 325 g/mol. The minimum Gasteiger partial charge on any atom is -0.303 e. The van der Waals surface area contributed by atoms with Crippen LogP contribution in [-0.2, 0) is 6.54 Å². The minimum atomic E-state index is 0.0533. The molecule has 4 rings (SSSR count). The van der Waals surface area contributed by atoms with E-state index in [1.54, 1.807) is 0 Å². The smallest absolute Gasteiger partial charge is 0.259 e. The van der Waals surface area contributed by atoms with Crippen LogP contribution in [0.15, 0.2) is 89.7 Å². The standard InChI is InChI=1S/C23H19NO/c1-17-11-13-19(14-12-17)22-15-20-9-5-6-10-21(20)23(25)24(22)16-18-7-3-2-4-8-18/h2-15H,16H2,1H3. The maximum Gasteiger partial charge on any atom is 0.259 e. The Bertz CT molecular complexity index is 1080. The minimum absolute atomic E-state index is 0.0533. The van der Waals surface area contributed by atoms with Crippen molar-refractivity contribution in [2.24, 2.45) is 0 Å². The molecule has 0 saturated heterocycles. The molecule has 3 aromatic carbocycles. The lowest BCUT2D eigenvalue weighted by Gasteiger charge is -2.15. The van der Waals surface area contributed by atoms with Gasteiger partial charge in [-0.25, -0.2) is 0 Å². The normalized spacial score (nSPS) is 10.9. The van der Waals surface area contributed by atoms with Crippen LogP contribution in [0.3, 0.4) is 0 Å². The Kier molecular flexibility index (Phi) is 3.95. The third-order valence-electron chi connectivity index (χ3n) is 4.55. The fraction of sp³-hybridized carbons (Fsp3) is 0.0870. The first-order chi connectivity index (χ1) is 12.2. The first-order valence-corrected chi connectivity index (χ1v) is 8.46. The first-order valence-electron chi connectivity index (χ1n) is 8.46. The van der Waals surface area contributed by atoms with Crippen molar-refractivity contribution in [3.63, 3.8) is 0 Å². The van der Waals surface area contributed by atoms with Crippen LogP contribution >= 0.6 is 0 Å². The molecule has 0 bridgehead atoms. The van der Waals surface area contributed by atoms with Gasteiger partial charge in [0.25, 0.3) is 5.56 Å². The molecule has 0 aliphatic heterocycles. The van der Waals surface area contributed by atoms with Crippen molar-refractivity contribution < 1.29 is 0 Å². The average Bonchev–Trinajstić information content (AvgIpc) is 2.65. The molecule has 2 nitrogen and oxygen atoms in total. The largest absolute Gasteiger partial charge is 0.303 e. The summed E-state index contributed by atoms with van der Waals surface area (Å²) in [6.45, 7) is 2.63. The molecule has 122 valence electrons. The Morgan fingerprint density at radius 3 is 2.24 bits per heavy atom. The van der Waals surface area contributed by atoms with Gasteiger partial charge in [0.05, 0.1) is 12.2 Å². The third kappa shape index (κ3) is 2.99. The number of hydrogen-bond acceptors (Lipinski definition) is 1. The summed E-state index contributed by atoms with van der Waals surface area (Å²) in [6.07, 6.45) is 0. The Morgan fingerprint density at radius 1 is 0.800 bits per heavy atom. The molecular weight excluding hydrogens is 306 g/mol. The number of fused-ring (bicyclic) bond motifs is 1. The van der Waals surface area contributed by atoms with E-state index in [2.05, 4.69) is 49.4 Å². The molecule has 0 unspecified atom stereocenters. The van der Waals surface area contributed by atoms with Gasteiger partial charge in [-0.1, -0.05) is 78.4 Å². The Morgan fingerprint density at radius 2 is 1.48 bits per heavy atom. The second-order valence-corrected chi connectivity index (χ2v) is 6.36. The van der Waals surface area contributed by atoms with Gasteiger partial charge in [-0.3, -0.25) is 4.79 Å². The van der Waals surface area contributed by atoms with Crippen LogP contribution in [0.5, 0.6) is 0 Å². The van der Waals surface area contributed by atoms with Crippen LogP contribution in [0.1, 0.15) is 11.1 Å². The Labute approximate surface area is 147 Å². The van der Waals surface area contributed by atoms with Crippen LogP contribution in [0.25, 0.3) is 22.0 Å². The Balaban J connectivity index is 1.97. The van der Waals surface area contributed by atoms with Gasteiger partial charge in [-0.2, -0.15) is 0 Å². The molecule has 0 N–H and O–H groups in total. The van der Waals surface area contributed by atoms with E-state index in [4.69, 9.17) is 0 Å². The maximum absolute atomic E-state index is 13.2. The quantitative estimate of drug-likeness (QED) is 0.518. The van der Waals surface area contributed by atoms with Crippen molar-refractivity contribution >= 4 is 10.8 Å². The number of hydrogen-bond donors (Lipinski definition) is 0. The molecule has 0 amide bonds. The number of benzene rings is 3. The number of rotatable bonds is 3. The van der Waals surface area contributed by atoms with Gasteiger partial charge < -0.3 is 4.57 Å². The SMILES string of the molecule is Cc1ccc(-c2cc3ccccc3c(=O)n2Cc2ccccc2)cc1. The molecular formula is C23H19NO. The summed E-state index contributed by atoms with van der Waals surface area (Å²) in [5.41, 5.74) is 4.39. The second-order valence-electron chi connectivity index (χ2n) is 6.36. The van der Waals surface area contributed by atoms with Gasteiger partial charge in [0, 0.05) is 5.39 Å². The first kappa shape index (κ1) is 15.4. The summed E-state index contributed by atoms with van der Waals surface area (Å²) >= 11 is 0. The summed E-state index contributed by atoms with van der Waals surface area (Å²) < 4.78 is 1.88. The predicted octanol–water partition coefficient (Wildman–Crippen LogP) is 5.03. The van der Waals surface area contributed by atoms with Gasteiger partial charge >= 0.3 is 0 Å². The Hall–Kier alpha value is -3.13. The van der Waals surface area contributed by atoms with E-state index in [1.807, 2.05) is 47.0 Å². The van der Waals surface area contributed by atoms with Crippen LogP contribution < -0.4 is 5.56 Å². The third-order valence-corrected chi connectivity index (χ3v) is 4.55. The maximum atomic E-state index is 13.2. The van der Waals surface area contributed by atoms with E-state index >= 15 is 0 Å². The van der Waals surface area contributed by atoms with Crippen LogP contribution in [-0.4, -0.2) is 4.57 Å². The topological polar surface area (TPSA) is 22.0 Å². The highest BCUT2D eigenvalue weighted by Gasteiger charge is 2.11. The van der Waals surface area contributed by atoms with Crippen molar-refractivity contribution in [3.05, 3.63) is 106 Å². The molecule has 0 atom stereocenters. The zero-order chi connectivity index (χ0) is 17.2. The number of aryl methyl sites for hydroxylation is 1. The summed E-state index contributed by atoms with van der Waals surface area (Å²) in [5, 5.41) is 1.74. The van der Waals surface area contributed by atoms with Crippen molar-refractivity contribution in [2.45, 2.75) is 13.5 Å². The molecule has 1 heterocycles. The van der Waals surface area contributed by atoms with Gasteiger partial charge in [0.2, 0.25) is 0 Å². The molecule has 0 spiro atoms. The number of aromatic nitrogens is 1. The van der Waals surface area contributed by atoms with Gasteiger partial charge in [-0.05, 0) is 35.6 Å². The number of pyridine rings is 1. The molecule has 0 aliphatic rings. The van der Waals surface area contributed by atoms with E-state index in [0.717, 1.165) is 27.6 Å². The number of nitrogens with zero attached hydrogens (tertiary/aromatic N) is 1. The lowest BCUT2D eigenvalue weighted by Crippen LogP contribution is -2.22. The summed E-state index contributed by atoms with van der Waals surface area (Å²) in [5.74, 6) is 0. The molecule has 0 fully saturated rings. The lowest BCUT2D eigenvalue weighted by molar-refractivity contribution is 0.777. The molecule has 4 aromatic rings. The second kappa shape index (κ2) is 6.40. The molecule has 1 aromatic heterocycles. The zero-order valence-corrected chi connectivity index (χ0v) is 14.1. The van der Waals surface area contributed by atoms with Crippen LogP contribution in [0, 0.1) is 6.92 Å². The van der Waals surface area contributed by atoms with Gasteiger partial charge in [0.1, 0.15) is 0 Å². The predicted molar refractivity (Wildman–Crippen MR) is 104 cm³/mol. The van der Waals surface area contributed by atoms with Gasteiger partial charge in [0.15, 0.2) is 0 Å². The molecule has 0 radical (unpaired) electrons. The van der Waals surface area contributed by atoms with E-state index in [1.165, 1.54) is 5.56 Å². The summed E-state index contributed by atoms with van der Waals surface area (Å²) in [4.78, 5) is 13.2. The molecule has 0 saturated carbocycles.